The zero-order valence-corrected chi connectivity index (χ0v) is 18.9. The summed E-state index contributed by atoms with van der Waals surface area (Å²) < 4.78 is 32.8. The smallest absolute Gasteiger partial charge is 0.243 e. The van der Waals surface area contributed by atoms with Gasteiger partial charge in [0.2, 0.25) is 15.9 Å². The van der Waals surface area contributed by atoms with Crippen LogP contribution in [0.15, 0.2) is 34.6 Å². The Morgan fingerprint density at radius 3 is 3.00 bits per heavy atom. The maximum absolute atomic E-state index is 13.0. The van der Waals surface area contributed by atoms with E-state index in [1.54, 1.807) is 6.07 Å². The van der Waals surface area contributed by atoms with Crippen molar-refractivity contribution in [3.8, 4) is 5.75 Å². The number of aromatic amines is 1. The van der Waals surface area contributed by atoms with Gasteiger partial charge in [0.1, 0.15) is 12.1 Å². The Morgan fingerprint density at radius 1 is 1.47 bits per heavy atom. The molecule has 1 saturated heterocycles. The van der Waals surface area contributed by atoms with E-state index in [1.807, 2.05) is 6.92 Å². The number of hydrogen-bond acceptors (Lipinski definition) is 7. The quantitative estimate of drug-likeness (QED) is 0.423. The Labute approximate surface area is 185 Å². The van der Waals surface area contributed by atoms with Crippen LogP contribution in [-0.2, 0) is 14.8 Å². The van der Waals surface area contributed by atoms with Crippen LogP contribution in [0.4, 0.5) is 0 Å². The first kappa shape index (κ1) is 22.9. The van der Waals surface area contributed by atoms with Crippen LogP contribution in [0, 0.1) is 5.92 Å². The number of thioether (sulfide) groups is 1. The van der Waals surface area contributed by atoms with Crippen LogP contribution in [0.3, 0.4) is 0 Å². The van der Waals surface area contributed by atoms with E-state index >= 15 is 0 Å². The molecule has 1 atom stereocenters. The molecule has 9 nitrogen and oxygen atoms in total. The molecule has 3 rings (SSSR count). The van der Waals surface area contributed by atoms with E-state index in [0.29, 0.717) is 49.2 Å². The van der Waals surface area contributed by atoms with E-state index in [4.69, 9.17) is 16.3 Å². The van der Waals surface area contributed by atoms with Crippen molar-refractivity contribution in [3.63, 3.8) is 0 Å². The standard InChI is InChI=1S/C18H24ClN5O4S2/c1-2-28-16-6-5-14(10-15(16)19)30(26,27)24-8-3-4-13(11-24)17(25)20-7-9-29-18-21-12-22-23-18/h5-6,10,12-13H,2-4,7-9,11H2,1H3,(H,20,25)(H,21,22,23). The van der Waals surface area contributed by atoms with Gasteiger partial charge in [-0.3, -0.25) is 9.89 Å². The fourth-order valence-electron chi connectivity index (χ4n) is 3.17. The minimum absolute atomic E-state index is 0.0977. The molecule has 1 unspecified atom stereocenters. The SMILES string of the molecule is CCOc1ccc(S(=O)(=O)N2CCCC(C(=O)NCCSc3ncn[nH]3)C2)cc1Cl. The Kier molecular flexibility index (Phi) is 7.98. The van der Waals surface area contributed by atoms with E-state index in [1.165, 1.54) is 34.5 Å². The molecule has 1 aliphatic heterocycles. The van der Waals surface area contributed by atoms with Crippen molar-refractivity contribution < 1.29 is 17.9 Å². The molecule has 12 heteroatoms. The first-order valence-corrected chi connectivity index (χ1v) is 12.4. The number of halogens is 1. The van der Waals surface area contributed by atoms with Crippen LogP contribution < -0.4 is 10.1 Å². The second-order valence-corrected chi connectivity index (χ2v) is 10.1. The number of rotatable bonds is 9. The van der Waals surface area contributed by atoms with Gasteiger partial charge in [-0.1, -0.05) is 23.4 Å². The molecular weight excluding hydrogens is 450 g/mol. The number of carbonyl (C=O) groups is 1. The number of ether oxygens (including phenoxy) is 1. The molecule has 2 aromatic rings. The summed E-state index contributed by atoms with van der Waals surface area (Å²) in [7, 11) is -3.75. The first-order valence-electron chi connectivity index (χ1n) is 9.60. The summed E-state index contributed by atoms with van der Waals surface area (Å²) in [6.07, 6.45) is 2.70. The van der Waals surface area contributed by atoms with E-state index in [0.717, 1.165) is 0 Å². The highest BCUT2D eigenvalue weighted by molar-refractivity contribution is 7.99. The molecular formula is C18H24ClN5O4S2. The number of carbonyl (C=O) groups excluding carboxylic acids is 1. The fraction of sp³-hybridized carbons (Fsp3) is 0.500. The van der Waals surface area contributed by atoms with Gasteiger partial charge in [0.25, 0.3) is 0 Å². The van der Waals surface area contributed by atoms with Crippen LogP contribution in [0.25, 0.3) is 0 Å². The van der Waals surface area contributed by atoms with Crippen LogP contribution in [0.5, 0.6) is 5.75 Å². The van der Waals surface area contributed by atoms with Crippen molar-refractivity contribution in [2.75, 3.05) is 32.0 Å². The number of aromatic nitrogens is 3. The number of benzene rings is 1. The first-order chi connectivity index (χ1) is 14.4. The highest BCUT2D eigenvalue weighted by Crippen LogP contribution is 2.30. The van der Waals surface area contributed by atoms with Gasteiger partial charge in [-0.15, -0.1) is 0 Å². The third-order valence-electron chi connectivity index (χ3n) is 4.63. The summed E-state index contributed by atoms with van der Waals surface area (Å²) in [5, 5.41) is 10.3. The van der Waals surface area contributed by atoms with Crippen LogP contribution in [-0.4, -0.2) is 65.8 Å². The van der Waals surface area contributed by atoms with Gasteiger partial charge in [-0.25, -0.2) is 13.4 Å². The summed E-state index contributed by atoms with van der Waals surface area (Å²) >= 11 is 7.61. The van der Waals surface area contributed by atoms with Crippen molar-refractivity contribution >= 4 is 39.3 Å². The number of hydrogen-bond donors (Lipinski definition) is 2. The second kappa shape index (κ2) is 10.5. The van der Waals surface area contributed by atoms with Crippen molar-refractivity contribution in [2.24, 2.45) is 5.92 Å². The second-order valence-electron chi connectivity index (χ2n) is 6.66. The van der Waals surface area contributed by atoms with Gasteiger partial charge in [0, 0.05) is 25.4 Å². The van der Waals surface area contributed by atoms with Crippen molar-refractivity contribution in [1.29, 1.82) is 0 Å². The third kappa shape index (κ3) is 5.65. The van der Waals surface area contributed by atoms with E-state index in [-0.39, 0.29) is 28.3 Å². The summed E-state index contributed by atoms with van der Waals surface area (Å²) in [5.41, 5.74) is 0. The number of nitrogens with one attached hydrogen (secondary N) is 2. The van der Waals surface area contributed by atoms with Crippen LogP contribution in [0.2, 0.25) is 5.02 Å². The third-order valence-corrected chi connectivity index (χ3v) is 7.66. The molecule has 0 spiro atoms. The molecule has 2 heterocycles. The van der Waals surface area contributed by atoms with Crippen LogP contribution >= 0.6 is 23.4 Å². The zero-order chi connectivity index (χ0) is 21.6. The lowest BCUT2D eigenvalue weighted by Crippen LogP contribution is -2.45. The molecule has 1 amide bonds. The molecule has 1 aliphatic rings. The Bertz CT molecular complexity index is 955. The highest BCUT2D eigenvalue weighted by atomic mass is 35.5. The number of H-pyrrole nitrogens is 1. The maximum Gasteiger partial charge on any atom is 0.243 e. The minimum atomic E-state index is -3.75. The molecule has 1 fully saturated rings. The summed E-state index contributed by atoms with van der Waals surface area (Å²) in [4.78, 5) is 16.6. The van der Waals surface area contributed by atoms with E-state index < -0.39 is 10.0 Å². The Morgan fingerprint density at radius 2 is 2.30 bits per heavy atom. The van der Waals surface area contributed by atoms with Gasteiger partial charge >= 0.3 is 0 Å². The average molecular weight is 474 g/mol. The van der Waals surface area contributed by atoms with Crippen molar-refractivity contribution in [3.05, 3.63) is 29.5 Å². The summed E-state index contributed by atoms with van der Waals surface area (Å²) in [6, 6.07) is 4.43. The predicted octanol–water partition coefficient (Wildman–Crippen LogP) is 2.17. The van der Waals surface area contributed by atoms with Gasteiger partial charge in [-0.05, 0) is 38.0 Å². The largest absolute Gasteiger partial charge is 0.492 e. The van der Waals surface area contributed by atoms with E-state index in [2.05, 4.69) is 20.5 Å². The van der Waals surface area contributed by atoms with Crippen molar-refractivity contribution in [2.45, 2.75) is 29.8 Å². The fourth-order valence-corrected chi connectivity index (χ4v) is 5.66. The average Bonchev–Trinajstić information content (AvgIpc) is 3.26. The lowest BCUT2D eigenvalue weighted by atomic mass is 9.99. The molecule has 30 heavy (non-hydrogen) atoms. The minimum Gasteiger partial charge on any atom is -0.492 e. The monoisotopic (exact) mass is 473 g/mol. The van der Waals surface area contributed by atoms with Gasteiger partial charge in [0.05, 0.1) is 22.4 Å². The lowest BCUT2D eigenvalue weighted by molar-refractivity contribution is -0.125. The number of sulfonamides is 1. The van der Waals surface area contributed by atoms with Gasteiger partial charge < -0.3 is 10.1 Å². The number of nitrogens with zero attached hydrogens (tertiary/aromatic N) is 3. The molecule has 1 aromatic heterocycles. The van der Waals surface area contributed by atoms with Gasteiger partial charge in [0.15, 0.2) is 5.16 Å². The van der Waals surface area contributed by atoms with E-state index in [9.17, 15) is 13.2 Å². The molecule has 2 N–H and O–H groups in total. The molecule has 0 aliphatic carbocycles. The lowest BCUT2D eigenvalue weighted by Gasteiger charge is -2.31. The zero-order valence-electron chi connectivity index (χ0n) is 16.5. The van der Waals surface area contributed by atoms with Crippen molar-refractivity contribution in [1.82, 2.24) is 24.8 Å². The summed E-state index contributed by atoms with van der Waals surface area (Å²) in [6.45, 7) is 3.24. The number of piperidine rings is 1. The Balaban J connectivity index is 1.57. The van der Waals surface area contributed by atoms with Gasteiger partial charge in [-0.2, -0.15) is 9.40 Å². The topological polar surface area (TPSA) is 117 Å². The van der Waals surface area contributed by atoms with Crippen LogP contribution in [0.1, 0.15) is 19.8 Å². The normalized spacial score (nSPS) is 17.6. The Hall–Kier alpha value is -1.82. The number of amides is 1. The predicted molar refractivity (Wildman–Crippen MR) is 114 cm³/mol. The molecule has 164 valence electrons. The molecule has 1 aromatic carbocycles. The summed E-state index contributed by atoms with van der Waals surface area (Å²) in [5.74, 6) is 0.553. The molecule has 0 saturated carbocycles. The molecule has 0 bridgehead atoms. The highest BCUT2D eigenvalue weighted by Gasteiger charge is 2.33. The maximum atomic E-state index is 13.0. The molecule has 0 radical (unpaired) electrons.